The monoisotopic (exact) mass is 359 g/mol. The van der Waals surface area contributed by atoms with E-state index in [2.05, 4.69) is 37.5 Å². The molecule has 2 rings (SSSR count). The van der Waals surface area contributed by atoms with Crippen molar-refractivity contribution in [3.05, 3.63) is 39.9 Å². The fraction of sp³-hybridized carbons (Fsp3) is 0. The van der Waals surface area contributed by atoms with E-state index >= 15 is 0 Å². The van der Waals surface area contributed by atoms with Crippen molar-refractivity contribution in [2.75, 3.05) is 0 Å². The second-order valence-electron chi connectivity index (χ2n) is 2.97. The summed E-state index contributed by atoms with van der Waals surface area (Å²) in [5.74, 6) is -0.974. The van der Waals surface area contributed by atoms with E-state index in [9.17, 15) is 4.79 Å². The Hall–Kier alpha value is -1.22. The highest BCUT2D eigenvalue weighted by Gasteiger charge is 2.06. The van der Waals surface area contributed by atoms with Crippen LogP contribution in [0.2, 0.25) is 0 Å². The topological polar surface area (TPSA) is 76.0 Å². The van der Waals surface area contributed by atoms with Gasteiger partial charge in [0.05, 0.1) is 5.56 Å². The zero-order chi connectivity index (χ0) is 12.3. The number of aromatic nitrogens is 3. The molecule has 0 aliphatic heterocycles. The van der Waals surface area contributed by atoms with E-state index in [4.69, 9.17) is 5.11 Å². The van der Waals surface area contributed by atoms with Gasteiger partial charge in [-0.1, -0.05) is 0 Å². The number of halogens is 1. The highest BCUT2D eigenvalue weighted by molar-refractivity contribution is 14.1. The van der Waals surface area contributed by atoms with E-state index in [0.717, 1.165) is 3.57 Å². The summed E-state index contributed by atoms with van der Waals surface area (Å²) < 4.78 is 0.944. The van der Waals surface area contributed by atoms with Crippen LogP contribution in [0.4, 0.5) is 0 Å². The SMILES string of the molecule is O=C(O)c1ccnc(Sc2ncc(I)cn2)c1. The van der Waals surface area contributed by atoms with E-state index in [1.165, 1.54) is 30.1 Å². The van der Waals surface area contributed by atoms with Crippen LogP contribution in [0.15, 0.2) is 40.9 Å². The molecule has 2 aromatic heterocycles. The third-order valence-corrected chi connectivity index (χ3v) is 3.16. The molecule has 0 aliphatic carbocycles. The van der Waals surface area contributed by atoms with Gasteiger partial charge in [-0.2, -0.15) is 0 Å². The van der Waals surface area contributed by atoms with Crippen LogP contribution < -0.4 is 0 Å². The number of carboxylic acids is 1. The van der Waals surface area contributed by atoms with Crippen molar-refractivity contribution in [1.82, 2.24) is 15.0 Å². The van der Waals surface area contributed by atoms with Gasteiger partial charge in [-0.05, 0) is 46.5 Å². The molecule has 0 unspecified atom stereocenters. The first kappa shape index (κ1) is 12.2. The summed E-state index contributed by atoms with van der Waals surface area (Å²) in [5.41, 5.74) is 0.202. The van der Waals surface area contributed by atoms with Gasteiger partial charge in [0.25, 0.3) is 0 Å². The van der Waals surface area contributed by atoms with Crippen LogP contribution in [-0.2, 0) is 0 Å². The van der Waals surface area contributed by atoms with Gasteiger partial charge in [-0.3, -0.25) is 0 Å². The quantitative estimate of drug-likeness (QED) is 0.670. The highest BCUT2D eigenvalue weighted by atomic mass is 127. The van der Waals surface area contributed by atoms with Gasteiger partial charge < -0.3 is 5.11 Å². The fourth-order valence-corrected chi connectivity index (χ4v) is 2.02. The maximum absolute atomic E-state index is 10.8. The van der Waals surface area contributed by atoms with Crippen molar-refractivity contribution in [2.24, 2.45) is 0 Å². The average Bonchev–Trinajstić information content (AvgIpc) is 2.32. The Bertz CT molecular complexity index is 548. The van der Waals surface area contributed by atoms with Crippen molar-refractivity contribution in [1.29, 1.82) is 0 Å². The molecule has 0 atom stereocenters. The first-order valence-corrected chi connectivity index (χ1v) is 6.39. The molecule has 86 valence electrons. The molecule has 0 saturated heterocycles. The van der Waals surface area contributed by atoms with Crippen molar-refractivity contribution in [3.8, 4) is 0 Å². The van der Waals surface area contributed by atoms with E-state index in [-0.39, 0.29) is 5.56 Å². The Labute approximate surface area is 115 Å². The molecule has 0 fully saturated rings. The maximum atomic E-state index is 10.8. The van der Waals surface area contributed by atoms with Crippen LogP contribution in [-0.4, -0.2) is 26.0 Å². The molecule has 5 nitrogen and oxygen atoms in total. The van der Waals surface area contributed by atoms with Gasteiger partial charge in [0.15, 0.2) is 5.16 Å². The van der Waals surface area contributed by atoms with Crippen molar-refractivity contribution >= 4 is 40.3 Å². The lowest BCUT2D eigenvalue weighted by Gasteiger charge is -2.00. The Morgan fingerprint density at radius 1 is 1.29 bits per heavy atom. The summed E-state index contributed by atoms with van der Waals surface area (Å²) in [6, 6.07) is 2.94. The number of carboxylic acid groups (broad SMARTS) is 1. The summed E-state index contributed by atoms with van der Waals surface area (Å²) in [6.07, 6.45) is 4.84. The predicted octanol–water partition coefficient (Wildman–Crippen LogP) is 2.33. The number of aromatic carboxylic acids is 1. The van der Waals surface area contributed by atoms with Crippen molar-refractivity contribution < 1.29 is 9.90 Å². The number of hydrogen-bond donors (Lipinski definition) is 1. The summed E-state index contributed by atoms with van der Waals surface area (Å²) >= 11 is 3.34. The molecular weight excluding hydrogens is 353 g/mol. The molecule has 0 aliphatic rings. The molecule has 0 bridgehead atoms. The van der Waals surface area contributed by atoms with Crippen LogP contribution in [0.5, 0.6) is 0 Å². The third kappa shape index (κ3) is 3.37. The molecule has 0 saturated carbocycles. The van der Waals surface area contributed by atoms with Gasteiger partial charge in [0.1, 0.15) is 5.03 Å². The minimum Gasteiger partial charge on any atom is -0.478 e. The predicted molar refractivity (Wildman–Crippen MR) is 70.1 cm³/mol. The van der Waals surface area contributed by atoms with E-state index in [1.807, 2.05) is 0 Å². The van der Waals surface area contributed by atoms with Crippen LogP contribution in [0.1, 0.15) is 10.4 Å². The Kier molecular flexibility index (Phi) is 3.89. The first-order valence-electron chi connectivity index (χ1n) is 4.50. The maximum Gasteiger partial charge on any atom is 0.335 e. The molecule has 17 heavy (non-hydrogen) atoms. The van der Waals surface area contributed by atoms with E-state index < -0.39 is 5.97 Å². The van der Waals surface area contributed by atoms with Crippen molar-refractivity contribution in [3.63, 3.8) is 0 Å². The smallest absolute Gasteiger partial charge is 0.335 e. The zero-order valence-electron chi connectivity index (χ0n) is 8.37. The minimum atomic E-state index is -0.974. The van der Waals surface area contributed by atoms with Gasteiger partial charge in [-0.15, -0.1) is 0 Å². The van der Waals surface area contributed by atoms with Crippen molar-refractivity contribution in [2.45, 2.75) is 10.2 Å². The lowest BCUT2D eigenvalue weighted by Crippen LogP contribution is -1.97. The number of rotatable bonds is 3. The molecule has 7 heteroatoms. The van der Waals surface area contributed by atoms with Gasteiger partial charge in [-0.25, -0.2) is 19.7 Å². The third-order valence-electron chi connectivity index (χ3n) is 1.77. The van der Waals surface area contributed by atoms with Gasteiger partial charge in [0.2, 0.25) is 0 Å². The summed E-state index contributed by atoms with van der Waals surface area (Å²) in [6.45, 7) is 0. The van der Waals surface area contributed by atoms with Gasteiger partial charge in [0, 0.05) is 22.2 Å². The largest absolute Gasteiger partial charge is 0.478 e. The number of carbonyl (C=O) groups is 1. The van der Waals surface area contributed by atoms with E-state index in [0.29, 0.717) is 10.2 Å². The Balaban J connectivity index is 2.21. The Morgan fingerprint density at radius 2 is 2.00 bits per heavy atom. The number of hydrogen-bond acceptors (Lipinski definition) is 5. The molecule has 0 amide bonds. The minimum absolute atomic E-state index is 0.202. The summed E-state index contributed by atoms with van der Waals surface area (Å²) in [5, 5.41) is 9.95. The number of nitrogens with zero attached hydrogens (tertiary/aromatic N) is 3. The Morgan fingerprint density at radius 3 is 2.65 bits per heavy atom. The first-order chi connectivity index (χ1) is 8.15. The summed E-state index contributed by atoms with van der Waals surface area (Å²) in [4.78, 5) is 23.0. The van der Waals surface area contributed by atoms with Gasteiger partial charge >= 0.3 is 5.97 Å². The summed E-state index contributed by atoms with van der Waals surface area (Å²) in [7, 11) is 0. The molecule has 2 aromatic rings. The molecule has 0 spiro atoms. The second-order valence-corrected chi connectivity index (χ2v) is 5.21. The second kappa shape index (κ2) is 5.41. The number of pyridine rings is 1. The highest BCUT2D eigenvalue weighted by Crippen LogP contribution is 2.22. The lowest BCUT2D eigenvalue weighted by atomic mass is 10.3. The van der Waals surface area contributed by atoms with Crippen LogP contribution in [0, 0.1) is 3.57 Å². The molecule has 2 heterocycles. The average molecular weight is 359 g/mol. The van der Waals surface area contributed by atoms with Crippen LogP contribution >= 0.6 is 34.4 Å². The lowest BCUT2D eigenvalue weighted by molar-refractivity contribution is 0.0696. The van der Waals surface area contributed by atoms with E-state index in [1.54, 1.807) is 12.4 Å². The van der Waals surface area contributed by atoms with Crippen LogP contribution in [0.3, 0.4) is 0 Å². The molecule has 0 radical (unpaired) electrons. The molecule has 1 N–H and O–H groups in total. The fourth-order valence-electron chi connectivity index (χ4n) is 1.04. The normalized spacial score (nSPS) is 10.2. The van der Waals surface area contributed by atoms with Crippen LogP contribution in [0.25, 0.3) is 0 Å². The standard InChI is InChI=1S/C10H6IN3O2S/c11-7-4-13-10(14-5-7)17-8-3-6(9(15)16)1-2-12-8/h1-5H,(H,15,16). The molecule has 0 aromatic carbocycles. The molecular formula is C10H6IN3O2S. The zero-order valence-corrected chi connectivity index (χ0v) is 11.3.